The Morgan fingerprint density at radius 1 is 0.902 bits per heavy atom. The first kappa shape index (κ1) is 37.3. The zero-order valence-electron chi connectivity index (χ0n) is 29.7. The smallest absolute Gasteiger partial charge is 0.414 e. The molecular weight excluding hydrogens is 655 g/mol. The quantitative estimate of drug-likeness (QED) is 0.262. The van der Waals surface area contributed by atoms with Gasteiger partial charge >= 0.3 is 12.2 Å². The Hall–Kier alpha value is -4.97. The van der Waals surface area contributed by atoms with Crippen LogP contribution in [-0.2, 0) is 42.4 Å². The molecule has 11 nitrogen and oxygen atoms in total. The van der Waals surface area contributed by atoms with Gasteiger partial charge in [0, 0.05) is 31.6 Å². The van der Waals surface area contributed by atoms with Crippen molar-refractivity contribution >= 4 is 29.7 Å². The average molecular weight is 703 g/mol. The van der Waals surface area contributed by atoms with Crippen molar-refractivity contribution in [2.75, 3.05) is 37.7 Å². The minimum atomic E-state index is -0.989. The van der Waals surface area contributed by atoms with Crippen LogP contribution in [0.15, 0.2) is 78.9 Å². The first-order valence-corrected chi connectivity index (χ1v) is 17.3. The first-order chi connectivity index (χ1) is 24.3. The molecule has 1 saturated heterocycles. The van der Waals surface area contributed by atoms with Crippen molar-refractivity contribution in [3.05, 3.63) is 101 Å². The number of carbonyl (C=O) groups is 4. The number of hydrogen-bond acceptors (Lipinski definition) is 7. The fourth-order valence-electron chi connectivity index (χ4n) is 6.41. The average Bonchev–Trinajstić information content (AvgIpc) is 3.41. The highest BCUT2D eigenvalue weighted by Gasteiger charge is 2.48. The summed E-state index contributed by atoms with van der Waals surface area (Å²) < 4.78 is 31.5. The van der Waals surface area contributed by atoms with Gasteiger partial charge < -0.3 is 29.7 Å². The zero-order valence-corrected chi connectivity index (χ0v) is 29.7. The Balaban J connectivity index is 1.24. The maximum absolute atomic E-state index is 14.6. The van der Waals surface area contributed by atoms with Crippen molar-refractivity contribution in [1.82, 2.24) is 15.5 Å². The summed E-state index contributed by atoms with van der Waals surface area (Å²) in [5.74, 6) is -1.80. The number of fused-ring (bicyclic) bond motifs is 2. The summed E-state index contributed by atoms with van der Waals surface area (Å²) in [5.41, 5.74) is 1.83. The predicted octanol–water partition coefficient (Wildman–Crippen LogP) is 5.71. The van der Waals surface area contributed by atoms with E-state index < -0.39 is 46.9 Å². The van der Waals surface area contributed by atoms with Crippen LogP contribution in [0.1, 0.15) is 57.2 Å². The van der Waals surface area contributed by atoms with Crippen LogP contribution in [0, 0.1) is 11.7 Å². The Labute approximate surface area is 298 Å². The van der Waals surface area contributed by atoms with Crippen molar-refractivity contribution in [3.8, 4) is 0 Å². The number of alkyl carbamates (subject to hydrolysis) is 1. The van der Waals surface area contributed by atoms with Crippen molar-refractivity contribution < 1.29 is 37.8 Å². The molecule has 2 N–H and O–H groups in total. The van der Waals surface area contributed by atoms with E-state index in [2.05, 4.69) is 10.6 Å². The molecule has 0 saturated carbocycles. The molecule has 2 atom stereocenters. The lowest BCUT2D eigenvalue weighted by molar-refractivity contribution is -0.140. The second kappa shape index (κ2) is 16.4. The Kier molecular flexibility index (Phi) is 12.0. The van der Waals surface area contributed by atoms with E-state index >= 15 is 0 Å². The summed E-state index contributed by atoms with van der Waals surface area (Å²) in [4.78, 5) is 56.0. The minimum absolute atomic E-state index is 0.0129. The third-order valence-corrected chi connectivity index (χ3v) is 9.15. The highest BCUT2D eigenvalue weighted by atomic mass is 19.1. The maximum Gasteiger partial charge on any atom is 0.414 e. The highest BCUT2D eigenvalue weighted by molar-refractivity contribution is 5.92. The standard InChI is InChI=1S/C39H47FN4O7/c1-27(22-41-36(47)51-38(2,3)4)34(45)42-32(25-49-23-28-11-7-5-8-12-28)35(46)43-19-17-39(18-20-43)26-44(33-16-15-30(40)21-31(33)39)37(48)50-24-29-13-9-6-10-14-29/h5-16,21,27,32H,17-20,22-26H2,1-4H3,(H,41,47)(H,42,45)/t27?,32-/m1/s1. The highest BCUT2D eigenvalue weighted by Crippen LogP contribution is 2.47. The minimum Gasteiger partial charge on any atom is -0.444 e. The van der Waals surface area contributed by atoms with Crippen LogP contribution in [0.3, 0.4) is 0 Å². The van der Waals surface area contributed by atoms with Gasteiger partial charge in [-0.05, 0) is 68.5 Å². The third kappa shape index (κ3) is 9.84. The van der Waals surface area contributed by atoms with E-state index in [4.69, 9.17) is 14.2 Å². The molecule has 5 rings (SSSR count). The van der Waals surface area contributed by atoms with Gasteiger partial charge in [0.2, 0.25) is 11.8 Å². The number of halogens is 1. The van der Waals surface area contributed by atoms with E-state index in [0.717, 1.165) is 11.1 Å². The molecule has 51 heavy (non-hydrogen) atoms. The first-order valence-electron chi connectivity index (χ1n) is 17.3. The summed E-state index contributed by atoms with van der Waals surface area (Å²) in [7, 11) is 0. The Bertz CT molecular complexity index is 1670. The fourth-order valence-corrected chi connectivity index (χ4v) is 6.41. The molecule has 1 spiro atoms. The van der Waals surface area contributed by atoms with Crippen LogP contribution in [0.4, 0.5) is 19.7 Å². The topological polar surface area (TPSA) is 127 Å². The van der Waals surface area contributed by atoms with Crippen LogP contribution < -0.4 is 15.5 Å². The number of rotatable bonds is 11. The number of nitrogens with zero attached hydrogens (tertiary/aromatic N) is 2. The molecule has 0 bridgehead atoms. The summed E-state index contributed by atoms with van der Waals surface area (Å²) in [6.07, 6.45) is -0.214. The van der Waals surface area contributed by atoms with Gasteiger partial charge in [0.05, 0.1) is 24.8 Å². The summed E-state index contributed by atoms with van der Waals surface area (Å²) in [6.45, 7) is 8.13. The molecule has 1 fully saturated rings. The second-order valence-corrected chi connectivity index (χ2v) is 14.2. The molecule has 0 aliphatic carbocycles. The summed E-state index contributed by atoms with van der Waals surface area (Å²) in [6, 6.07) is 22.3. The van der Waals surface area contributed by atoms with Crippen LogP contribution in [0.2, 0.25) is 0 Å². The van der Waals surface area contributed by atoms with E-state index in [1.165, 1.54) is 12.1 Å². The molecule has 3 aromatic rings. The van der Waals surface area contributed by atoms with Crippen molar-refractivity contribution in [1.29, 1.82) is 0 Å². The monoisotopic (exact) mass is 702 g/mol. The lowest BCUT2D eigenvalue weighted by Crippen LogP contribution is -2.56. The van der Waals surface area contributed by atoms with E-state index in [-0.39, 0.29) is 32.3 Å². The molecule has 2 heterocycles. The van der Waals surface area contributed by atoms with Gasteiger partial charge in [-0.25, -0.2) is 14.0 Å². The Morgan fingerprint density at radius 2 is 1.53 bits per heavy atom. The normalized spacial score (nSPS) is 16.2. The molecule has 3 aromatic carbocycles. The molecule has 4 amide bonds. The molecule has 0 radical (unpaired) electrons. The number of amides is 4. The van der Waals surface area contributed by atoms with Gasteiger partial charge in [-0.15, -0.1) is 0 Å². The van der Waals surface area contributed by atoms with Crippen LogP contribution >= 0.6 is 0 Å². The number of hydrogen-bond donors (Lipinski definition) is 2. The number of benzene rings is 3. The van der Waals surface area contributed by atoms with Gasteiger partial charge in [-0.3, -0.25) is 14.5 Å². The van der Waals surface area contributed by atoms with Crippen LogP contribution in [0.5, 0.6) is 0 Å². The van der Waals surface area contributed by atoms with Crippen molar-refractivity contribution in [2.45, 2.75) is 70.8 Å². The van der Waals surface area contributed by atoms with Crippen LogP contribution in [-0.4, -0.2) is 73.3 Å². The SMILES string of the molecule is CC(CNC(=O)OC(C)(C)C)C(=O)N[C@H](COCc1ccccc1)C(=O)N1CCC2(CC1)CN(C(=O)OCc1ccccc1)c1ccc(F)cc12. The van der Waals surface area contributed by atoms with Crippen LogP contribution in [0.25, 0.3) is 0 Å². The molecule has 12 heteroatoms. The molecule has 1 unspecified atom stereocenters. The molecule has 2 aliphatic heterocycles. The summed E-state index contributed by atoms with van der Waals surface area (Å²) >= 11 is 0. The fraction of sp³-hybridized carbons (Fsp3) is 0.436. The van der Waals surface area contributed by atoms with E-state index in [0.29, 0.717) is 43.7 Å². The molecular formula is C39H47FN4O7. The van der Waals surface area contributed by atoms with E-state index in [9.17, 15) is 23.6 Å². The van der Waals surface area contributed by atoms with Crippen molar-refractivity contribution in [2.24, 2.45) is 5.92 Å². The van der Waals surface area contributed by atoms with Gasteiger partial charge in [0.1, 0.15) is 24.1 Å². The summed E-state index contributed by atoms with van der Waals surface area (Å²) in [5, 5.41) is 5.45. The molecule has 0 aromatic heterocycles. The lowest BCUT2D eigenvalue weighted by atomic mass is 9.74. The Morgan fingerprint density at radius 3 is 2.16 bits per heavy atom. The second-order valence-electron chi connectivity index (χ2n) is 14.2. The zero-order chi connectivity index (χ0) is 36.6. The number of ether oxygens (including phenoxy) is 3. The predicted molar refractivity (Wildman–Crippen MR) is 189 cm³/mol. The van der Waals surface area contributed by atoms with Gasteiger partial charge in [-0.1, -0.05) is 67.6 Å². The molecule has 2 aliphatic rings. The van der Waals surface area contributed by atoms with E-state index in [1.54, 1.807) is 43.6 Å². The third-order valence-electron chi connectivity index (χ3n) is 9.15. The lowest BCUT2D eigenvalue weighted by Gasteiger charge is -2.41. The largest absolute Gasteiger partial charge is 0.444 e. The maximum atomic E-state index is 14.6. The number of piperidine rings is 1. The number of likely N-dealkylation sites (tertiary alicyclic amines) is 1. The number of anilines is 1. The van der Waals surface area contributed by atoms with E-state index in [1.807, 2.05) is 60.7 Å². The van der Waals surface area contributed by atoms with Gasteiger partial charge in [0.15, 0.2) is 0 Å². The number of carbonyl (C=O) groups excluding carboxylic acids is 4. The van der Waals surface area contributed by atoms with Crippen molar-refractivity contribution in [3.63, 3.8) is 0 Å². The van der Waals surface area contributed by atoms with Gasteiger partial charge in [0.25, 0.3) is 0 Å². The number of nitrogens with one attached hydrogen (secondary N) is 2. The molecule has 272 valence electrons. The van der Waals surface area contributed by atoms with Gasteiger partial charge in [-0.2, -0.15) is 0 Å².